The summed E-state index contributed by atoms with van der Waals surface area (Å²) in [5.41, 5.74) is 0.484. The highest BCUT2D eigenvalue weighted by atomic mass is 16.7. The lowest BCUT2D eigenvalue weighted by molar-refractivity contribution is -0.277. The fourth-order valence-corrected chi connectivity index (χ4v) is 2.82. The fourth-order valence-electron chi connectivity index (χ4n) is 2.82. The van der Waals surface area contributed by atoms with Gasteiger partial charge < -0.3 is 35.0 Å². The van der Waals surface area contributed by atoms with E-state index in [9.17, 15) is 30.3 Å². The van der Waals surface area contributed by atoms with E-state index in [0.29, 0.717) is 5.56 Å². The van der Waals surface area contributed by atoms with Crippen LogP contribution in [0.3, 0.4) is 0 Å². The number of benzene rings is 2. The molecule has 1 heterocycles. The minimum atomic E-state index is -1.58. The summed E-state index contributed by atoms with van der Waals surface area (Å²) in [6, 6.07) is 12.4. The minimum absolute atomic E-state index is 0.0708. The number of aliphatic hydroxyl groups is 4. The monoisotopic (exact) mass is 376 g/mol. The molecule has 3 rings (SSSR count). The molecule has 1 aliphatic rings. The number of aromatic hydroxyl groups is 1. The highest BCUT2D eigenvalue weighted by Crippen LogP contribution is 2.29. The van der Waals surface area contributed by atoms with Crippen LogP contribution in [0.25, 0.3) is 0 Å². The first-order chi connectivity index (χ1) is 12.9. The van der Waals surface area contributed by atoms with E-state index in [4.69, 9.17) is 9.47 Å². The van der Waals surface area contributed by atoms with Crippen molar-refractivity contribution in [1.82, 2.24) is 0 Å². The van der Waals surface area contributed by atoms with Gasteiger partial charge in [0.15, 0.2) is 5.78 Å². The Hall–Kier alpha value is -2.49. The van der Waals surface area contributed by atoms with Crippen molar-refractivity contribution in [1.29, 1.82) is 0 Å². The third kappa shape index (κ3) is 3.95. The van der Waals surface area contributed by atoms with Gasteiger partial charge in [-0.1, -0.05) is 30.3 Å². The van der Waals surface area contributed by atoms with E-state index in [-0.39, 0.29) is 22.8 Å². The second-order valence-electron chi connectivity index (χ2n) is 6.19. The van der Waals surface area contributed by atoms with Gasteiger partial charge in [0.05, 0.1) is 12.2 Å². The van der Waals surface area contributed by atoms with Crippen LogP contribution < -0.4 is 4.74 Å². The summed E-state index contributed by atoms with van der Waals surface area (Å²) in [6.07, 6.45) is -7.13. The van der Waals surface area contributed by atoms with Crippen LogP contribution in [0.4, 0.5) is 0 Å². The molecule has 2 aromatic rings. The van der Waals surface area contributed by atoms with Gasteiger partial charge >= 0.3 is 0 Å². The number of ketones is 1. The zero-order valence-electron chi connectivity index (χ0n) is 14.2. The Kier molecular flexibility index (Phi) is 5.73. The van der Waals surface area contributed by atoms with Gasteiger partial charge in [-0.25, -0.2) is 0 Å². The molecular weight excluding hydrogens is 356 g/mol. The van der Waals surface area contributed by atoms with Crippen molar-refractivity contribution >= 4 is 5.78 Å². The summed E-state index contributed by atoms with van der Waals surface area (Å²) in [5, 5.41) is 48.9. The first-order valence-electron chi connectivity index (χ1n) is 8.32. The number of ether oxygens (including phenoxy) is 2. The van der Waals surface area contributed by atoms with Crippen LogP contribution in [-0.4, -0.2) is 68.6 Å². The van der Waals surface area contributed by atoms with Crippen molar-refractivity contribution in [2.45, 2.75) is 30.7 Å². The largest absolute Gasteiger partial charge is 0.507 e. The third-order valence-electron chi connectivity index (χ3n) is 4.35. The zero-order valence-corrected chi connectivity index (χ0v) is 14.2. The van der Waals surface area contributed by atoms with Crippen LogP contribution in [-0.2, 0) is 4.74 Å². The van der Waals surface area contributed by atoms with E-state index >= 15 is 0 Å². The number of aliphatic hydroxyl groups excluding tert-OH is 4. The second kappa shape index (κ2) is 8.03. The summed E-state index contributed by atoms with van der Waals surface area (Å²) in [5.74, 6) is -0.625. The van der Waals surface area contributed by atoms with Crippen LogP contribution in [0, 0.1) is 0 Å². The molecule has 27 heavy (non-hydrogen) atoms. The third-order valence-corrected chi connectivity index (χ3v) is 4.35. The molecule has 5 atom stereocenters. The van der Waals surface area contributed by atoms with Crippen LogP contribution in [0.2, 0.25) is 0 Å². The molecule has 1 fully saturated rings. The van der Waals surface area contributed by atoms with Crippen molar-refractivity contribution in [3.63, 3.8) is 0 Å². The number of carbonyl (C=O) groups is 1. The lowest BCUT2D eigenvalue weighted by Gasteiger charge is -2.39. The molecule has 5 N–H and O–H groups in total. The maximum Gasteiger partial charge on any atom is 0.229 e. The first kappa shape index (κ1) is 19.3. The van der Waals surface area contributed by atoms with E-state index in [0.717, 1.165) is 0 Å². The molecular formula is C19H20O8. The Morgan fingerprint density at radius 1 is 1.00 bits per heavy atom. The molecule has 1 saturated heterocycles. The number of carbonyl (C=O) groups excluding carboxylic acids is 1. The molecule has 0 radical (unpaired) electrons. The van der Waals surface area contributed by atoms with Crippen molar-refractivity contribution < 1.29 is 39.8 Å². The Morgan fingerprint density at radius 3 is 2.33 bits per heavy atom. The van der Waals surface area contributed by atoms with Crippen LogP contribution in [0.15, 0.2) is 48.5 Å². The molecule has 0 amide bonds. The van der Waals surface area contributed by atoms with E-state index in [2.05, 4.69) is 0 Å². The summed E-state index contributed by atoms with van der Waals surface area (Å²) in [4.78, 5) is 12.4. The van der Waals surface area contributed by atoms with Gasteiger partial charge in [0, 0.05) is 11.6 Å². The fraction of sp³-hybridized carbons (Fsp3) is 0.316. The standard InChI is InChI=1S/C19H20O8/c20-9-14-16(23)17(24)18(25)19(27-14)26-11-6-7-12(13(21)8-11)15(22)10-4-2-1-3-5-10/h1-8,14,16-21,23-25H,9H2/t14-,16-,17+,18-,19?/m0/s1. The average molecular weight is 376 g/mol. The first-order valence-corrected chi connectivity index (χ1v) is 8.32. The molecule has 0 aliphatic carbocycles. The van der Waals surface area contributed by atoms with Gasteiger partial charge in [0.25, 0.3) is 0 Å². The highest BCUT2D eigenvalue weighted by molar-refractivity contribution is 6.10. The Morgan fingerprint density at radius 2 is 1.70 bits per heavy atom. The smallest absolute Gasteiger partial charge is 0.229 e. The highest BCUT2D eigenvalue weighted by Gasteiger charge is 2.44. The summed E-state index contributed by atoms with van der Waals surface area (Å²) < 4.78 is 10.7. The van der Waals surface area contributed by atoms with Gasteiger partial charge in [-0.2, -0.15) is 0 Å². The predicted molar refractivity (Wildman–Crippen MR) is 92.4 cm³/mol. The van der Waals surface area contributed by atoms with Crippen molar-refractivity contribution in [3.8, 4) is 11.5 Å². The lowest BCUT2D eigenvalue weighted by atomic mass is 9.99. The van der Waals surface area contributed by atoms with Gasteiger partial charge in [-0.05, 0) is 12.1 Å². The average Bonchev–Trinajstić information content (AvgIpc) is 2.68. The van der Waals surface area contributed by atoms with E-state index in [1.165, 1.54) is 18.2 Å². The molecule has 1 unspecified atom stereocenters. The predicted octanol–water partition coefficient (Wildman–Crippen LogP) is -0.198. The molecule has 0 aromatic heterocycles. The number of rotatable bonds is 5. The normalized spacial score (nSPS) is 27.9. The number of hydrogen-bond donors (Lipinski definition) is 5. The summed E-state index contributed by atoms with van der Waals surface area (Å²) in [6.45, 7) is -0.583. The molecule has 8 nitrogen and oxygen atoms in total. The molecule has 1 aliphatic heterocycles. The van der Waals surface area contributed by atoms with Gasteiger partial charge in [-0.3, -0.25) is 4.79 Å². The summed E-state index contributed by atoms with van der Waals surface area (Å²) in [7, 11) is 0. The Bertz CT molecular complexity index is 792. The van der Waals surface area contributed by atoms with Crippen LogP contribution in [0.5, 0.6) is 11.5 Å². The van der Waals surface area contributed by atoms with Crippen molar-refractivity contribution in [3.05, 3.63) is 59.7 Å². The van der Waals surface area contributed by atoms with Gasteiger partial charge in [0.2, 0.25) is 6.29 Å². The summed E-state index contributed by atoms with van der Waals surface area (Å²) >= 11 is 0. The van der Waals surface area contributed by atoms with Crippen molar-refractivity contribution in [2.24, 2.45) is 0 Å². The lowest BCUT2D eigenvalue weighted by Crippen LogP contribution is -2.60. The maximum atomic E-state index is 12.4. The Balaban J connectivity index is 1.77. The maximum absolute atomic E-state index is 12.4. The van der Waals surface area contributed by atoms with Gasteiger partial charge in [0.1, 0.15) is 35.9 Å². The molecule has 2 aromatic carbocycles. The van der Waals surface area contributed by atoms with E-state index in [1.54, 1.807) is 30.3 Å². The van der Waals surface area contributed by atoms with E-state index < -0.39 is 37.3 Å². The molecule has 0 saturated carbocycles. The minimum Gasteiger partial charge on any atom is -0.507 e. The number of hydrogen-bond acceptors (Lipinski definition) is 8. The quantitative estimate of drug-likeness (QED) is 0.453. The zero-order chi connectivity index (χ0) is 19.6. The van der Waals surface area contributed by atoms with E-state index in [1.807, 2.05) is 0 Å². The SMILES string of the molecule is O=C(c1ccccc1)c1ccc(OC2O[C@@H](CO)[C@H](O)[C@@H](O)[C@@H]2O)cc1O. The number of phenolic OH excluding ortho intramolecular Hbond substituents is 1. The molecule has 8 heteroatoms. The second-order valence-corrected chi connectivity index (χ2v) is 6.19. The van der Waals surface area contributed by atoms with Crippen LogP contribution in [0.1, 0.15) is 15.9 Å². The van der Waals surface area contributed by atoms with Gasteiger partial charge in [-0.15, -0.1) is 0 Å². The molecule has 0 spiro atoms. The van der Waals surface area contributed by atoms with Crippen LogP contribution >= 0.6 is 0 Å². The molecule has 144 valence electrons. The molecule has 0 bridgehead atoms. The Labute approximate surface area is 154 Å². The topological polar surface area (TPSA) is 137 Å². The van der Waals surface area contributed by atoms with Crippen molar-refractivity contribution in [2.75, 3.05) is 6.61 Å². The number of phenols is 1.